The molecule has 0 spiro atoms. The molecular weight excluding hydrogens is 242 g/mol. The van der Waals surface area contributed by atoms with Gasteiger partial charge in [0.2, 0.25) is 0 Å². The number of nitrogens with zero attached hydrogens (tertiary/aromatic N) is 3. The molecule has 1 aliphatic heterocycles. The molecule has 1 aliphatic rings. The van der Waals surface area contributed by atoms with Gasteiger partial charge < -0.3 is 10.0 Å². The number of pyridine rings is 1. The molecule has 1 aromatic heterocycles. The van der Waals surface area contributed by atoms with E-state index in [1.165, 1.54) is 0 Å². The number of hydrogen-bond acceptors (Lipinski definition) is 4. The number of carbonyl (C=O) groups is 1. The van der Waals surface area contributed by atoms with Crippen LogP contribution < -0.4 is 0 Å². The van der Waals surface area contributed by atoms with E-state index < -0.39 is 5.97 Å². The van der Waals surface area contributed by atoms with E-state index >= 15 is 0 Å². The number of piperazine rings is 1. The first-order valence-corrected chi connectivity index (χ1v) is 6.69. The molecule has 19 heavy (non-hydrogen) atoms. The predicted octanol–water partition coefficient (Wildman–Crippen LogP) is 1.06. The standard InChI is InChI=1S/C14H21N3O2/c1-16-8-9-17(10-12-4-2-3-7-15-12)13(11-16)5-6-14(18)19/h2-4,7,13H,5-6,8-11H2,1H3,(H,18,19). The van der Waals surface area contributed by atoms with Gasteiger partial charge in [0.25, 0.3) is 0 Å². The lowest BCUT2D eigenvalue weighted by atomic mass is 10.1. The summed E-state index contributed by atoms with van der Waals surface area (Å²) in [6, 6.07) is 6.23. The summed E-state index contributed by atoms with van der Waals surface area (Å²) in [6.07, 6.45) is 2.74. The molecule has 0 saturated carbocycles. The summed E-state index contributed by atoms with van der Waals surface area (Å²) in [5.41, 5.74) is 1.05. The second-order valence-corrected chi connectivity index (χ2v) is 5.14. The third-order valence-electron chi connectivity index (χ3n) is 3.59. The van der Waals surface area contributed by atoms with Crippen LogP contribution in [0.5, 0.6) is 0 Å². The smallest absolute Gasteiger partial charge is 0.303 e. The molecule has 1 atom stereocenters. The Hall–Kier alpha value is -1.46. The van der Waals surface area contributed by atoms with Gasteiger partial charge in [0.05, 0.1) is 5.69 Å². The molecule has 1 saturated heterocycles. The summed E-state index contributed by atoms with van der Waals surface area (Å²) in [5.74, 6) is -0.717. The van der Waals surface area contributed by atoms with Gasteiger partial charge in [-0.05, 0) is 25.6 Å². The van der Waals surface area contributed by atoms with Crippen LogP contribution in [0.3, 0.4) is 0 Å². The van der Waals surface area contributed by atoms with E-state index in [9.17, 15) is 4.79 Å². The second-order valence-electron chi connectivity index (χ2n) is 5.14. The Bertz CT molecular complexity index is 410. The van der Waals surface area contributed by atoms with E-state index in [-0.39, 0.29) is 6.42 Å². The van der Waals surface area contributed by atoms with Gasteiger partial charge in [0, 0.05) is 44.8 Å². The van der Waals surface area contributed by atoms with Crippen LogP contribution in [-0.4, -0.2) is 58.6 Å². The van der Waals surface area contributed by atoms with Crippen LogP contribution in [-0.2, 0) is 11.3 Å². The molecule has 104 valence electrons. The number of carboxylic acids is 1. The van der Waals surface area contributed by atoms with Crippen molar-refractivity contribution in [2.45, 2.75) is 25.4 Å². The molecule has 1 aromatic rings. The number of aromatic nitrogens is 1. The highest BCUT2D eigenvalue weighted by molar-refractivity contribution is 5.66. The summed E-state index contributed by atoms with van der Waals surface area (Å²) in [6.45, 7) is 3.73. The number of likely N-dealkylation sites (N-methyl/N-ethyl adjacent to an activating group) is 1. The summed E-state index contributed by atoms with van der Waals surface area (Å²) < 4.78 is 0. The van der Waals surface area contributed by atoms with Crippen LogP contribution >= 0.6 is 0 Å². The zero-order valence-electron chi connectivity index (χ0n) is 11.3. The van der Waals surface area contributed by atoms with E-state index in [1.807, 2.05) is 18.2 Å². The molecule has 2 heterocycles. The van der Waals surface area contributed by atoms with Crippen LogP contribution in [0.15, 0.2) is 24.4 Å². The first-order valence-electron chi connectivity index (χ1n) is 6.69. The highest BCUT2D eigenvalue weighted by Crippen LogP contribution is 2.16. The molecule has 0 radical (unpaired) electrons. The SMILES string of the molecule is CN1CCN(Cc2ccccn2)C(CCC(=O)O)C1. The Kier molecular flexibility index (Phi) is 4.87. The topological polar surface area (TPSA) is 56.7 Å². The molecule has 2 rings (SSSR count). The van der Waals surface area contributed by atoms with Crippen molar-refractivity contribution in [3.05, 3.63) is 30.1 Å². The summed E-state index contributed by atoms with van der Waals surface area (Å²) in [7, 11) is 2.09. The molecule has 0 aliphatic carbocycles. The summed E-state index contributed by atoms with van der Waals surface area (Å²) in [4.78, 5) is 19.7. The first-order chi connectivity index (χ1) is 9.15. The molecule has 0 bridgehead atoms. The second kappa shape index (κ2) is 6.63. The van der Waals surface area contributed by atoms with Crippen LogP contribution in [0.2, 0.25) is 0 Å². The molecule has 1 fully saturated rings. The largest absolute Gasteiger partial charge is 0.481 e. The minimum absolute atomic E-state index is 0.233. The van der Waals surface area contributed by atoms with Gasteiger partial charge >= 0.3 is 5.97 Å². The van der Waals surface area contributed by atoms with Crippen molar-refractivity contribution in [3.63, 3.8) is 0 Å². The predicted molar refractivity (Wildman–Crippen MR) is 72.8 cm³/mol. The maximum absolute atomic E-state index is 10.7. The van der Waals surface area contributed by atoms with Gasteiger partial charge in [-0.25, -0.2) is 0 Å². The van der Waals surface area contributed by atoms with Gasteiger partial charge in [-0.2, -0.15) is 0 Å². The third-order valence-corrected chi connectivity index (χ3v) is 3.59. The Balaban J connectivity index is 1.97. The van der Waals surface area contributed by atoms with Gasteiger partial charge in [-0.15, -0.1) is 0 Å². The minimum atomic E-state index is -0.717. The van der Waals surface area contributed by atoms with Gasteiger partial charge in [0.1, 0.15) is 0 Å². The Morgan fingerprint density at radius 2 is 2.32 bits per heavy atom. The van der Waals surface area contributed by atoms with Crippen molar-refractivity contribution in [2.75, 3.05) is 26.7 Å². The van der Waals surface area contributed by atoms with Gasteiger partial charge in [-0.1, -0.05) is 6.07 Å². The quantitative estimate of drug-likeness (QED) is 0.861. The highest BCUT2D eigenvalue weighted by atomic mass is 16.4. The Morgan fingerprint density at radius 3 is 3.00 bits per heavy atom. The third kappa shape index (κ3) is 4.29. The Morgan fingerprint density at radius 1 is 1.47 bits per heavy atom. The molecule has 1 N–H and O–H groups in total. The van der Waals surface area contributed by atoms with Crippen LogP contribution in [0, 0.1) is 0 Å². The average molecular weight is 263 g/mol. The lowest BCUT2D eigenvalue weighted by Gasteiger charge is -2.39. The molecule has 0 aromatic carbocycles. The van der Waals surface area contributed by atoms with Crippen molar-refractivity contribution >= 4 is 5.97 Å². The number of hydrogen-bond donors (Lipinski definition) is 1. The van der Waals surface area contributed by atoms with E-state index in [0.29, 0.717) is 12.5 Å². The lowest BCUT2D eigenvalue weighted by molar-refractivity contribution is -0.137. The fraction of sp³-hybridized carbons (Fsp3) is 0.571. The lowest BCUT2D eigenvalue weighted by Crippen LogP contribution is -2.51. The molecule has 1 unspecified atom stereocenters. The molecular formula is C14H21N3O2. The van der Waals surface area contributed by atoms with Crippen molar-refractivity contribution in [3.8, 4) is 0 Å². The minimum Gasteiger partial charge on any atom is -0.481 e. The number of aliphatic carboxylic acids is 1. The van der Waals surface area contributed by atoms with Crippen LogP contribution in [0.25, 0.3) is 0 Å². The Labute approximate surface area is 113 Å². The van der Waals surface area contributed by atoms with E-state index in [0.717, 1.165) is 31.9 Å². The van der Waals surface area contributed by atoms with Crippen molar-refractivity contribution in [1.82, 2.24) is 14.8 Å². The van der Waals surface area contributed by atoms with E-state index in [2.05, 4.69) is 21.8 Å². The fourth-order valence-corrected chi connectivity index (χ4v) is 2.52. The van der Waals surface area contributed by atoms with Crippen molar-refractivity contribution < 1.29 is 9.90 Å². The van der Waals surface area contributed by atoms with Gasteiger partial charge in [-0.3, -0.25) is 14.7 Å². The molecule has 5 nitrogen and oxygen atoms in total. The van der Waals surface area contributed by atoms with Gasteiger partial charge in [0.15, 0.2) is 0 Å². The number of carboxylic acid groups (broad SMARTS) is 1. The molecule has 0 amide bonds. The fourth-order valence-electron chi connectivity index (χ4n) is 2.52. The zero-order valence-corrected chi connectivity index (χ0v) is 11.3. The van der Waals surface area contributed by atoms with E-state index in [4.69, 9.17) is 5.11 Å². The average Bonchev–Trinajstić information content (AvgIpc) is 2.40. The maximum Gasteiger partial charge on any atom is 0.303 e. The highest BCUT2D eigenvalue weighted by Gasteiger charge is 2.25. The summed E-state index contributed by atoms with van der Waals surface area (Å²) in [5, 5.41) is 8.84. The van der Waals surface area contributed by atoms with Crippen molar-refractivity contribution in [1.29, 1.82) is 0 Å². The van der Waals surface area contributed by atoms with Crippen molar-refractivity contribution in [2.24, 2.45) is 0 Å². The molecule has 5 heteroatoms. The number of rotatable bonds is 5. The first kappa shape index (κ1) is 14.0. The van der Waals surface area contributed by atoms with Crippen LogP contribution in [0.4, 0.5) is 0 Å². The van der Waals surface area contributed by atoms with E-state index in [1.54, 1.807) is 6.20 Å². The zero-order chi connectivity index (χ0) is 13.7. The van der Waals surface area contributed by atoms with Crippen LogP contribution in [0.1, 0.15) is 18.5 Å². The summed E-state index contributed by atoms with van der Waals surface area (Å²) >= 11 is 0. The monoisotopic (exact) mass is 263 g/mol. The maximum atomic E-state index is 10.7. The normalized spacial score (nSPS) is 21.4.